The first-order chi connectivity index (χ1) is 6.15. The predicted molar refractivity (Wildman–Crippen MR) is 49.6 cm³/mol. The first-order valence-electron chi connectivity index (χ1n) is 4.08. The molecular formula is C10H11NO2. The lowest BCUT2D eigenvalue weighted by Gasteiger charge is -1.99. The number of hydrogen-bond acceptors (Lipinski definition) is 2. The third-order valence-electron chi connectivity index (χ3n) is 1.79. The van der Waals surface area contributed by atoms with Gasteiger partial charge >= 0.3 is 0 Å². The Bertz CT molecular complexity index is 345. The molecule has 13 heavy (non-hydrogen) atoms. The monoisotopic (exact) mass is 177 g/mol. The van der Waals surface area contributed by atoms with Crippen molar-refractivity contribution in [3.63, 3.8) is 0 Å². The van der Waals surface area contributed by atoms with Gasteiger partial charge in [0.05, 0.1) is 0 Å². The number of rotatable bonds is 3. The van der Waals surface area contributed by atoms with Crippen molar-refractivity contribution in [1.82, 2.24) is 0 Å². The Morgan fingerprint density at radius 2 is 1.92 bits per heavy atom. The van der Waals surface area contributed by atoms with Gasteiger partial charge in [0.1, 0.15) is 0 Å². The van der Waals surface area contributed by atoms with Crippen LogP contribution in [-0.2, 0) is 0 Å². The Morgan fingerprint density at radius 1 is 1.31 bits per heavy atom. The topological polar surface area (TPSA) is 60.2 Å². The first-order valence-corrected chi connectivity index (χ1v) is 4.08. The van der Waals surface area contributed by atoms with Crippen LogP contribution in [0.1, 0.15) is 34.1 Å². The summed E-state index contributed by atoms with van der Waals surface area (Å²) in [6.07, 6.45) is 0.433. The van der Waals surface area contributed by atoms with Crippen LogP contribution in [0.25, 0.3) is 0 Å². The molecule has 0 radical (unpaired) electrons. The van der Waals surface area contributed by atoms with E-state index in [9.17, 15) is 9.59 Å². The average molecular weight is 177 g/mol. The van der Waals surface area contributed by atoms with E-state index < -0.39 is 5.91 Å². The van der Waals surface area contributed by atoms with E-state index in [1.165, 1.54) is 6.07 Å². The summed E-state index contributed by atoms with van der Waals surface area (Å²) >= 11 is 0. The van der Waals surface area contributed by atoms with Crippen LogP contribution in [0.15, 0.2) is 24.3 Å². The molecule has 68 valence electrons. The molecule has 0 saturated carbocycles. The highest BCUT2D eigenvalue weighted by Crippen LogP contribution is 2.06. The number of amides is 1. The molecule has 0 saturated heterocycles. The summed E-state index contributed by atoms with van der Waals surface area (Å²) in [6.45, 7) is 1.78. The summed E-state index contributed by atoms with van der Waals surface area (Å²) in [7, 11) is 0. The van der Waals surface area contributed by atoms with E-state index in [-0.39, 0.29) is 5.78 Å². The van der Waals surface area contributed by atoms with Crippen molar-refractivity contribution in [3.05, 3.63) is 35.4 Å². The number of carbonyl (C=O) groups excluding carboxylic acids is 2. The van der Waals surface area contributed by atoms with Gasteiger partial charge in [0, 0.05) is 17.5 Å². The zero-order valence-electron chi connectivity index (χ0n) is 7.41. The lowest BCUT2D eigenvalue weighted by molar-refractivity contribution is 0.0988. The highest BCUT2D eigenvalue weighted by Gasteiger charge is 2.05. The van der Waals surface area contributed by atoms with Crippen molar-refractivity contribution < 1.29 is 9.59 Å². The number of nitrogens with two attached hydrogens (primary N) is 1. The van der Waals surface area contributed by atoms with Gasteiger partial charge in [0.15, 0.2) is 5.78 Å². The molecule has 0 heterocycles. The smallest absolute Gasteiger partial charge is 0.248 e. The average Bonchev–Trinajstić information content (AvgIpc) is 2.17. The summed E-state index contributed by atoms with van der Waals surface area (Å²) in [5.41, 5.74) is 5.99. The highest BCUT2D eigenvalue weighted by atomic mass is 16.1. The fourth-order valence-electron chi connectivity index (χ4n) is 1.05. The quantitative estimate of drug-likeness (QED) is 0.709. The van der Waals surface area contributed by atoms with E-state index >= 15 is 0 Å². The highest BCUT2D eigenvalue weighted by molar-refractivity contribution is 5.99. The van der Waals surface area contributed by atoms with Crippen LogP contribution in [0, 0.1) is 0 Å². The van der Waals surface area contributed by atoms with Crippen molar-refractivity contribution in [3.8, 4) is 0 Å². The largest absolute Gasteiger partial charge is 0.366 e. The fraction of sp³-hybridized carbons (Fsp3) is 0.200. The van der Waals surface area contributed by atoms with Crippen molar-refractivity contribution in [2.75, 3.05) is 0 Å². The fourth-order valence-corrected chi connectivity index (χ4v) is 1.05. The lowest BCUT2D eigenvalue weighted by Crippen LogP contribution is -2.11. The minimum absolute atomic E-state index is 0.0168. The van der Waals surface area contributed by atoms with Gasteiger partial charge < -0.3 is 5.73 Å². The van der Waals surface area contributed by atoms with Crippen molar-refractivity contribution in [2.45, 2.75) is 13.3 Å². The van der Waals surface area contributed by atoms with Gasteiger partial charge in [-0.15, -0.1) is 0 Å². The molecular weight excluding hydrogens is 166 g/mol. The van der Waals surface area contributed by atoms with Gasteiger partial charge in [0.2, 0.25) is 5.91 Å². The molecule has 0 bridgehead atoms. The van der Waals surface area contributed by atoms with Crippen LogP contribution in [0.3, 0.4) is 0 Å². The van der Waals surface area contributed by atoms with Crippen LogP contribution < -0.4 is 5.73 Å². The molecule has 0 spiro atoms. The van der Waals surface area contributed by atoms with Crippen LogP contribution in [0.4, 0.5) is 0 Å². The summed E-state index contributed by atoms with van der Waals surface area (Å²) in [6, 6.07) is 6.45. The van der Waals surface area contributed by atoms with E-state index in [1.54, 1.807) is 25.1 Å². The maximum atomic E-state index is 11.2. The van der Waals surface area contributed by atoms with Crippen molar-refractivity contribution in [1.29, 1.82) is 0 Å². The Labute approximate surface area is 76.6 Å². The molecule has 0 aliphatic rings. The van der Waals surface area contributed by atoms with Crippen LogP contribution in [0.2, 0.25) is 0 Å². The number of benzene rings is 1. The van der Waals surface area contributed by atoms with E-state index in [2.05, 4.69) is 0 Å². The second-order valence-corrected chi connectivity index (χ2v) is 2.72. The van der Waals surface area contributed by atoms with Crippen LogP contribution in [-0.4, -0.2) is 11.7 Å². The van der Waals surface area contributed by atoms with Gasteiger partial charge in [-0.3, -0.25) is 9.59 Å². The molecule has 1 aromatic rings. The van der Waals surface area contributed by atoms with Crippen LogP contribution >= 0.6 is 0 Å². The number of hydrogen-bond donors (Lipinski definition) is 1. The van der Waals surface area contributed by atoms with Gasteiger partial charge in [0.25, 0.3) is 0 Å². The van der Waals surface area contributed by atoms with E-state index in [1.807, 2.05) is 0 Å². The number of carbonyl (C=O) groups is 2. The normalized spacial score (nSPS) is 9.62. The third kappa shape index (κ3) is 2.15. The van der Waals surface area contributed by atoms with Gasteiger partial charge in [-0.1, -0.05) is 19.1 Å². The third-order valence-corrected chi connectivity index (χ3v) is 1.79. The molecule has 0 fully saturated rings. The standard InChI is InChI=1S/C10H11NO2/c1-2-9(12)7-4-3-5-8(6-7)10(11)13/h3-6H,2H2,1H3,(H2,11,13). The van der Waals surface area contributed by atoms with Crippen molar-refractivity contribution >= 4 is 11.7 Å². The second-order valence-electron chi connectivity index (χ2n) is 2.72. The Morgan fingerprint density at radius 3 is 2.46 bits per heavy atom. The Balaban J connectivity index is 3.05. The molecule has 1 aromatic carbocycles. The van der Waals surface area contributed by atoms with Crippen molar-refractivity contribution in [2.24, 2.45) is 5.73 Å². The number of ketones is 1. The molecule has 0 aliphatic carbocycles. The lowest BCUT2D eigenvalue weighted by atomic mass is 10.1. The summed E-state index contributed by atoms with van der Waals surface area (Å²) < 4.78 is 0. The molecule has 0 atom stereocenters. The molecule has 2 N–H and O–H groups in total. The minimum atomic E-state index is -0.509. The second kappa shape index (κ2) is 3.85. The molecule has 1 amide bonds. The molecule has 3 nitrogen and oxygen atoms in total. The summed E-state index contributed by atoms with van der Waals surface area (Å²) in [4.78, 5) is 22.0. The SMILES string of the molecule is CCC(=O)c1cccc(C(N)=O)c1. The molecule has 1 rings (SSSR count). The van der Waals surface area contributed by atoms with Crippen LogP contribution in [0.5, 0.6) is 0 Å². The molecule has 0 aliphatic heterocycles. The molecule has 0 unspecified atom stereocenters. The predicted octanol–water partition coefficient (Wildman–Crippen LogP) is 1.38. The Hall–Kier alpha value is -1.64. The molecule has 0 aromatic heterocycles. The maximum Gasteiger partial charge on any atom is 0.248 e. The minimum Gasteiger partial charge on any atom is -0.366 e. The van der Waals surface area contributed by atoms with Gasteiger partial charge in [-0.05, 0) is 12.1 Å². The van der Waals surface area contributed by atoms with E-state index in [0.29, 0.717) is 17.5 Å². The van der Waals surface area contributed by atoms with Gasteiger partial charge in [-0.2, -0.15) is 0 Å². The summed E-state index contributed by atoms with van der Waals surface area (Å²) in [5, 5.41) is 0. The van der Waals surface area contributed by atoms with Gasteiger partial charge in [-0.25, -0.2) is 0 Å². The first kappa shape index (κ1) is 9.45. The Kier molecular flexibility index (Phi) is 2.80. The number of Topliss-reactive ketones (excluding diaryl/α,β-unsaturated/α-hetero) is 1. The maximum absolute atomic E-state index is 11.2. The zero-order valence-corrected chi connectivity index (χ0v) is 7.41. The molecule has 3 heteroatoms. The number of primary amides is 1. The zero-order chi connectivity index (χ0) is 9.84. The van der Waals surface area contributed by atoms with E-state index in [0.717, 1.165) is 0 Å². The summed E-state index contributed by atoms with van der Waals surface area (Å²) in [5.74, 6) is -0.492. The van der Waals surface area contributed by atoms with E-state index in [4.69, 9.17) is 5.73 Å².